The van der Waals surface area contributed by atoms with Crippen LogP contribution in [0.1, 0.15) is 29.1 Å². The van der Waals surface area contributed by atoms with Crippen molar-refractivity contribution in [1.29, 1.82) is 0 Å². The number of sulfonamides is 1. The smallest absolute Gasteiger partial charge is 0.228 e. The highest BCUT2D eigenvalue weighted by Crippen LogP contribution is 2.17. The standard InChI is InChI=1S/C18H23N3O3S2/c1-26(23,24)20-15-8-5-9-21(12-15)18(22)11-16-13-25-17(19-16)10-14-6-3-2-4-7-14/h2-4,6-7,13,15,20H,5,8-12H2,1H3/t15-/m0/s1. The average molecular weight is 394 g/mol. The molecule has 8 heteroatoms. The summed E-state index contributed by atoms with van der Waals surface area (Å²) in [5.41, 5.74) is 1.98. The fourth-order valence-corrected chi connectivity index (χ4v) is 4.78. The fourth-order valence-electron chi connectivity index (χ4n) is 3.15. The van der Waals surface area contributed by atoms with E-state index >= 15 is 0 Å². The fraction of sp³-hybridized carbons (Fsp3) is 0.444. The monoisotopic (exact) mass is 393 g/mol. The second-order valence-corrected chi connectivity index (χ2v) is 9.36. The largest absolute Gasteiger partial charge is 0.341 e. The predicted molar refractivity (Wildman–Crippen MR) is 103 cm³/mol. The summed E-state index contributed by atoms with van der Waals surface area (Å²) in [4.78, 5) is 18.9. The van der Waals surface area contributed by atoms with Gasteiger partial charge in [-0.15, -0.1) is 11.3 Å². The highest BCUT2D eigenvalue weighted by molar-refractivity contribution is 7.88. The average Bonchev–Trinajstić information content (AvgIpc) is 3.01. The van der Waals surface area contributed by atoms with Gasteiger partial charge in [-0.05, 0) is 18.4 Å². The molecule has 0 radical (unpaired) electrons. The third-order valence-electron chi connectivity index (χ3n) is 4.28. The molecule has 2 aromatic rings. The quantitative estimate of drug-likeness (QED) is 0.812. The minimum absolute atomic E-state index is 0.00145. The van der Waals surface area contributed by atoms with E-state index in [0.717, 1.165) is 36.2 Å². The van der Waals surface area contributed by atoms with Crippen molar-refractivity contribution >= 4 is 27.3 Å². The van der Waals surface area contributed by atoms with Crippen molar-refractivity contribution in [2.75, 3.05) is 19.3 Å². The molecule has 0 bridgehead atoms. The van der Waals surface area contributed by atoms with Gasteiger partial charge in [-0.1, -0.05) is 30.3 Å². The van der Waals surface area contributed by atoms with Gasteiger partial charge in [0.2, 0.25) is 15.9 Å². The zero-order valence-electron chi connectivity index (χ0n) is 14.7. The van der Waals surface area contributed by atoms with Gasteiger partial charge in [0.25, 0.3) is 0 Å². The lowest BCUT2D eigenvalue weighted by Gasteiger charge is -2.32. The maximum atomic E-state index is 12.6. The van der Waals surface area contributed by atoms with Gasteiger partial charge in [-0.3, -0.25) is 4.79 Å². The molecule has 0 aliphatic carbocycles. The molecule has 1 atom stereocenters. The van der Waals surface area contributed by atoms with Gasteiger partial charge in [0.05, 0.1) is 23.4 Å². The summed E-state index contributed by atoms with van der Waals surface area (Å²) in [5.74, 6) is 0.00145. The predicted octanol–water partition coefficient (Wildman–Crippen LogP) is 1.82. The summed E-state index contributed by atoms with van der Waals surface area (Å²) in [7, 11) is -3.26. The van der Waals surface area contributed by atoms with Gasteiger partial charge in [-0.25, -0.2) is 18.1 Å². The van der Waals surface area contributed by atoms with Crippen LogP contribution in [0.25, 0.3) is 0 Å². The van der Waals surface area contributed by atoms with Crippen LogP contribution >= 0.6 is 11.3 Å². The van der Waals surface area contributed by atoms with Crippen LogP contribution in [0.3, 0.4) is 0 Å². The van der Waals surface area contributed by atoms with E-state index in [4.69, 9.17) is 0 Å². The van der Waals surface area contributed by atoms with Crippen molar-refractivity contribution in [3.8, 4) is 0 Å². The number of benzene rings is 1. The number of rotatable bonds is 6. The molecular weight excluding hydrogens is 370 g/mol. The molecule has 0 unspecified atom stereocenters. The van der Waals surface area contributed by atoms with Crippen molar-refractivity contribution < 1.29 is 13.2 Å². The number of piperidine rings is 1. The topological polar surface area (TPSA) is 79.4 Å². The molecule has 1 fully saturated rings. The summed E-state index contributed by atoms with van der Waals surface area (Å²) < 4.78 is 25.4. The number of carbonyl (C=O) groups is 1. The second-order valence-electron chi connectivity index (χ2n) is 6.64. The van der Waals surface area contributed by atoms with Crippen molar-refractivity contribution in [1.82, 2.24) is 14.6 Å². The van der Waals surface area contributed by atoms with E-state index in [0.29, 0.717) is 13.1 Å². The maximum Gasteiger partial charge on any atom is 0.228 e. The molecule has 6 nitrogen and oxygen atoms in total. The van der Waals surface area contributed by atoms with Crippen LogP contribution in [0, 0.1) is 0 Å². The van der Waals surface area contributed by atoms with Gasteiger partial charge < -0.3 is 4.90 Å². The van der Waals surface area contributed by atoms with Gasteiger partial charge >= 0.3 is 0 Å². The van der Waals surface area contributed by atoms with E-state index in [1.807, 2.05) is 23.6 Å². The van der Waals surface area contributed by atoms with Crippen LogP contribution < -0.4 is 4.72 Å². The van der Waals surface area contributed by atoms with Crippen molar-refractivity contribution in [2.45, 2.75) is 31.7 Å². The van der Waals surface area contributed by atoms with E-state index in [2.05, 4.69) is 21.8 Å². The van der Waals surface area contributed by atoms with Gasteiger partial charge in [0.15, 0.2) is 0 Å². The minimum atomic E-state index is -3.26. The third-order valence-corrected chi connectivity index (χ3v) is 5.94. The van der Waals surface area contributed by atoms with Crippen molar-refractivity contribution in [3.05, 3.63) is 52.0 Å². The molecule has 1 aromatic carbocycles. The Morgan fingerprint density at radius 2 is 2.12 bits per heavy atom. The lowest BCUT2D eigenvalue weighted by Crippen LogP contribution is -2.49. The van der Waals surface area contributed by atoms with E-state index in [9.17, 15) is 13.2 Å². The number of nitrogens with zero attached hydrogens (tertiary/aromatic N) is 2. The maximum absolute atomic E-state index is 12.6. The summed E-state index contributed by atoms with van der Waals surface area (Å²) in [5, 5.41) is 2.93. The first-order chi connectivity index (χ1) is 12.4. The van der Waals surface area contributed by atoms with Crippen LogP contribution in [0.2, 0.25) is 0 Å². The number of thiazole rings is 1. The molecule has 1 amide bonds. The van der Waals surface area contributed by atoms with Gasteiger partial charge in [0.1, 0.15) is 0 Å². The summed E-state index contributed by atoms with van der Waals surface area (Å²) in [6, 6.07) is 9.92. The Kier molecular flexibility index (Phi) is 6.05. The number of amides is 1. The van der Waals surface area contributed by atoms with E-state index < -0.39 is 10.0 Å². The van der Waals surface area contributed by atoms with E-state index in [1.54, 1.807) is 16.2 Å². The third kappa shape index (κ3) is 5.62. The molecule has 0 spiro atoms. The first kappa shape index (κ1) is 19.0. The van der Waals surface area contributed by atoms with E-state index in [-0.39, 0.29) is 18.4 Å². The SMILES string of the molecule is CS(=O)(=O)N[C@H]1CCCN(C(=O)Cc2csc(Cc3ccccc3)n2)C1. The molecule has 3 rings (SSSR count). The second kappa shape index (κ2) is 8.28. The van der Waals surface area contributed by atoms with Gasteiger partial charge in [0, 0.05) is 30.9 Å². The first-order valence-corrected chi connectivity index (χ1v) is 11.4. The Morgan fingerprint density at radius 3 is 2.85 bits per heavy atom. The molecular formula is C18H23N3O3S2. The molecule has 2 heterocycles. The summed E-state index contributed by atoms with van der Waals surface area (Å²) in [6.07, 6.45) is 3.74. The van der Waals surface area contributed by atoms with Crippen LogP contribution in [-0.2, 0) is 27.7 Å². The normalized spacial score (nSPS) is 18.0. The Labute approximate surface area is 158 Å². The molecule has 1 saturated heterocycles. The van der Waals surface area contributed by atoms with Crippen molar-refractivity contribution in [3.63, 3.8) is 0 Å². The highest BCUT2D eigenvalue weighted by atomic mass is 32.2. The summed E-state index contributed by atoms with van der Waals surface area (Å²) >= 11 is 1.57. The van der Waals surface area contributed by atoms with E-state index in [1.165, 1.54) is 5.56 Å². The number of nitrogens with one attached hydrogen (secondary N) is 1. The van der Waals surface area contributed by atoms with Crippen LogP contribution in [0.4, 0.5) is 0 Å². The Hall–Kier alpha value is -1.77. The summed E-state index contributed by atoms with van der Waals surface area (Å²) in [6.45, 7) is 1.09. The molecule has 140 valence electrons. The lowest BCUT2D eigenvalue weighted by atomic mass is 10.1. The lowest BCUT2D eigenvalue weighted by molar-refractivity contribution is -0.131. The zero-order valence-corrected chi connectivity index (χ0v) is 16.4. The number of carbonyl (C=O) groups excluding carboxylic acids is 1. The zero-order chi connectivity index (χ0) is 18.6. The Bertz CT molecular complexity index is 850. The number of hydrogen-bond acceptors (Lipinski definition) is 5. The number of aromatic nitrogens is 1. The number of hydrogen-bond donors (Lipinski definition) is 1. The molecule has 0 saturated carbocycles. The molecule has 26 heavy (non-hydrogen) atoms. The molecule has 1 aliphatic heterocycles. The van der Waals surface area contributed by atoms with Crippen molar-refractivity contribution in [2.24, 2.45) is 0 Å². The highest BCUT2D eigenvalue weighted by Gasteiger charge is 2.25. The minimum Gasteiger partial charge on any atom is -0.341 e. The molecule has 1 aliphatic rings. The first-order valence-electron chi connectivity index (χ1n) is 8.61. The number of likely N-dealkylation sites (tertiary alicyclic amines) is 1. The van der Waals surface area contributed by atoms with Crippen LogP contribution in [0.5, 0.6) is 0 Å². The van der Waals surface area contributed by atoms with Crippen LogP contribution in [-0.4, -0.2) is 49.6 Å². The molecule has 1 N–H and O–H groups in total. The molecule has 1 aromatic heterocycles. The Morgan fingerprint density at radius 1 is 1.35 bits per heavy atom. The van der Waals surface area contributed by atoms with Crippen LogP contribution in [0.15, 0.2) is 35.7 Å². The van der Waals surface area contributed by atoms with Gasteiger partial charge in [-0.2, -0.15) is 0 Å². The Balaban J connectivity index is 1.56.